The molecule has 2 aliphatic heterocycles. The summed E-state index contributed by atoms with van der Waals surface area (Å²) in [6.45, 7) is 2.36. The normalized spacial score (nSPS) is 22.3. The zero-order chi connectivity index (χ0) is 22.2. The summed E-state index contributed by atoms with van der Waals surface area (Å²) in [6, 6.07) is 16.2. The molecule has 2 amide bonds. The Labute approximate surface area is 186 Å². The molecular formula is C25H24N4O3. The zero-order valence-corrected chi connectivity index (χ0v) is 17.8. The average Bonchev–Trinajstić information content (AvgIpc) is 2.81. The van der Waals surface area contributed by atoms with Gasteiger partial charge in [-0.3, -0.25) is 14.6 Å². The molecule has 0 aliphatic carbocycles. The molecule has 2 saturated heterocycles. The Morgan fingerprint density at radius 1 is 1.12 bits per heavy atom. The topological polar surface area (TPSA) is 86.6 Å². The molecule has 1 aromatic heterocycles. The van der Waals surface area contributed by atoms with Gasteiger partial charge < -0.3 is 14.9 Å². The van der Waals surface area contributed by atoms with Gasteiger partial charge in [0.25, 0.3) is 5.91 Å². The minimum Gasteiger partial charge on any atom is -0.394 e. The van der Waals surface area contributed by atoms with Crippen LogP contribution in [0.3, 0.4) is 0 Å². The fourth-order valence-electron chi connectivity index (χ4n) is 4.95. The number of carbonyl (C=O) groups excluding carboxylic acids is 2. The Morgan fingerprint density at radius 2 is 1.94 bits per heavy atom. The van der Waals surface area contributed by atoms with Gasteiger partial charge in [0.2, 0.25) is 5.91 Å². The Bertz CT molecular complexity index is 1150. The highest BCUT2D eigenvalue weighted by Gasteiger charge is 2.54. The van der Waals surface area contributed by atoms with Crippen molar-refractivity contribution in [2.45, 2.75) is 24.9 Å². The summed E-state index contributed by atoms with van der Waals surface area (Å²) in [7, 11) is 0. The van der Waals surface area contributed by atoms with Crippen molar-refractivity contribution >= 4 is 11.8 Å². The Kier molecular flexibility index (Phi) is 5.19. The molecule has 32 heavy (non-hydrogen) atoms. The van der Waals surface area contributed by atoms with Crippen molar-refractivity contribution in [3.8, 4) is 11.1 Å². The molecule has 7 heteroatoms. The highest BCUT2D eigenvalue weighted by atomic mass is 16.3. The largest absolute Gasteiger partial charge is 0.394 e. The van der Waals surface area contributed by atoms with Crippen molar-refractivity contribution in [2.24, 2.45) is 0 Å². The third-order valence-corrected chi connectivity index (χ3v) is 6.47. The first-order valence-corrected chi connectivity index (χ1v) is 10.7. The van der Waals surface area contributed by atoms with Gasteiger partial charge in [-0.15, -0.1) is 0 Å². The maximum Gasteiger partial charge on any atom is 0.274 e. The summed E-state index contributed by atoms with van der Waals surface area (Å²) in [4.78, 5) is 37.0. The van der Waals surface area contributed by atoms with Crippen LogP contribution in [0.1, 0.15) is 27.5 Å². The molecule has 7 nitrogen and oxygen atoms in total. The van der Waals surface area contributed by atoms with E-state index < -0.39 is 0 Å². The molecule has 2 fully saturated rings. The number of fused-ring (bicyclic) bond motifs is 1. The lowest BCUT2D eigenvalue weighted by atomic mass is 9.73. The summed E-state index contributed by atoms with van der Waals surface area (Å²) in [5, 5.41) is 10.00. The maximum atomic E-state index is 12.8. The number of aliphatic hydroxyl groups is 1. The Hall–Kier alpha value is -3.58. The van der Waals surface area contributed by atoms with E-state index in [0.29, 0.717) is 6.54 Å². The van der Waals surface area contributed by atoms with Gasteiger partial charge in [0, 0.05) is 24.9 Å². The SMILES string of the molecule is Cc1cccc(-c2ccc([C@H]3[C@@H](CO)N4C(=O)CN(C(=O)c5cnccn5)C[C@@H]34)cc2)c1. The molecule has 0 bridgehead atoms. The summed E-state index contributed by atoms with van der Waals surface area (Å²) in [6.07, 6.45) is 4.39. The quantitative estimate of drug-likeness (QED) is 0.689. The van der Waals surface area contributed by atoms with Crippen LogP contribution in [-0.4, -0.2) is 68.5 Å². The highest BCUT2D eigenvalue weighted by Crippen LogP contribution is 2.43. The van der Waals surface area contributed by atoms with E-state index in [1.807, 2.05) is 6.07 Å². The molecule has 0 unspecified atom stereocenters. The Morgan fingerprint density at radius 3 is 2.62 bits per heavy atom. The van der Waals surface area contributed by atoms with Crippen LogP contribution < -0.4 is 0 Å². The van der Waals surface area contributed by atoms with Crippen LogP contribution in [-0.2, 0) is 4.79 Å². The second kappa shape index (κ2) is 8.16. The third kappa shape index (κ3) is 3.44. The number of aryl methyl sites for hydroxylation is 1. The molecule has 0 spiro atoms. The van der Waals surface area contributed by atoms with Crippen molar-refractivity contribution in [1.29, 1.82) is 0 Å². The van der Waals surface area contributed by atoms with Crippen LogP contribution in [0.4, 0.5) is 0 Å². The van der Waals surface area contributed by atoms with Crippen LogP contribution in [0.2, 0.25) is 0 Å². The first-order chi connectivity index (χ1) is 15.6. The first-order valence-electron chi connectivity index (χ1n) is 10.7. The van der Waals surface area contributed by atoms with E-state index in [1.165, 1.54) is 29.1 Å². The van der Waals surface area contributed by atoms with E-state index in [9.17, 15) is 14.7 Å². The molecule has 3 atom stereocenters. The van der Waals surface area contributed by atoms with Crippen LogP contribution in [0, 0.1) is 6.92 Å². The summed E-state index contributed by atoms with van der Waals surface area (Å²) in [5.41, 5.74) is 4.76. The summed E-state index contributed by atoms with van der Waals surface area (Å²) < 4.78 is 0. The van der Waals surface area contributed by atoms with Gasteiger partial charge in [0.05, 0.1) is 24.9 Å². The summed E-state index contributed by atoms with van der Waals surface area (Å²) in [5.74, 6) is -0.481. The van der Waals surface area contributed by atoms with Crippen LogP contribution >= 0.6 is 0 Å². The highest BCUT2D eigenvalue weighted by molar-refractivity contribution is 5.96. The van der Waals surface area contributed by atoms with Crippen LogP contribution in [0.15, 0.2) is 67.1 Å². The van der Waals surface area contributed by atoms with Crippen molar-refractivity contribution in [1.82, 2.24) is 19.8 Å². The average molecular weight is 428 g/mol. The fraction of sp³-hybridized carbons (Fsp3) is 0.280. The lowest BCUT2D eigenvalue weighted by molar-refractivity contribution is -0.159. The van der Waals surface area contributed by atoms with E-state index in [4.69, 9.17) is 0 Å². The molecule has 3 aromatic rings. The van der Waals surface area contributed by atoms with Crippen molar-refractivity contribution in [3.63, 3.8) is 0 Å². The van der Waals surface area contributed by atoms with Gasteiger partial charge in [-0.1, -0.05) is 54.1 Å². The molecular weight excluding hydrogens is 404 g/mol. The summed E-state index contributed by atoms with van der Waals surface area (Å²) >= 11 is 0. The van der Waals surface area contributed by atoms with Gasteiger partial charge in [-0.05, 0) is 23.6 Å². The number of nitrogens with zero attached hydrogens (tertiary/aromatic N) is 4. The molecule has 5 rings (SSSR count). The van der Waals surface area contributed by atoms with Crippen LogP contribution in [0.5, 0.6) is 0 Å². The van der Waals surface area contributed by atoms with Gasteiger partial charge in [0.1, 0.15) is 12.2 Å². The second-order valence-electron chi connectivity index (χ2n) is 8.41. The van der Waals surface area contributed by atoms with Gasteiger partial charge in [0.15, 0.2) is 0 Å². The lowest BCUT2D eigenvalue weighted by Gasteiger charge is -2.58. The molecule has 2 aliphatic rings. The molecule has 3 heterocycles. The number of benzene rings is 2. The van der Waals surface area contributed by atoms with E-state index >= 15 is 0 Å². The molecule has 0 radical (unpaired) electrons. The molecule has 162 valence electrons. The van der Waals surface area contributed by atoms with Crippen molar-refractivity contribution < 1.29 is 14.7 Å². The van der Waals surface area contributed by atoms with E-state index in [0.717, 1.165) is 16.7 Å². The smallest absolute Gasteiger partial charge is 0.274 e. The molecule has 1 N–H and O–H groups in total. The number of piperazine rings is 1. The number of hydrogen-bond donors (Lipinski definition) is 1. The minimum absolute atomic E-state index is 0.0125. The molecule has 0 saturated carbocycles. The lowest BCUT2D eigenvalue weighted by Crippen LogP contribution is -2.73. The molecule has 2 aromatic carbocycles. The Balaban J connectivity index is 1.39. The number of rotatable bonds is 4. The fourth-order valence-corrected chi connectivity index (χ4v) is 4.95. The van der Waals surface area contributed by atoms with E-state index in [2.05, 4.69) is 59.4 Å². The monoisotopic (exact) mass is 428 g/mol. The number of aliphatic hydroxyl groups excluding tert-OH is 1. The predicted octanol–water partition coefficient (Wildman–Crippen LogP) is 2.26. The predicted molar refractivity (Wildman–Crippen MR) is 119 cm³/mol. The van der Waals surface area contributed by atoms with Gasteiger partial charge in [-0.2, -0.15) is 0 Å². The maximum absolute atomic E-state index is 12.8. The van der Waals surface area contributed by atoms with Gasteiger partial charge >= 0.3 is 0 Å². The third-order valence-electron chi connectivity index (χ3n) is 6.47. The number of carbonyl (C=O) groups is 2. The minimum atomic E-state index is -0.299. The van der Waals surface area contributed by atoms with Crippen molar-refractivity contribution in [3.05, 3.63) is 83.9 Å². The number of hydrogen-bond acceptors (Lipinski definition) is 5. The van der Waals surface area contributed by atoms with E-state index in [-0.39, 0.29) is 48.7 Å². The first kappa shape index (κ1) is 20.3. The number of aromatic nitrogens is 2. The van der Waals surface area contributed by atoms with E-state index in [1.54, 1.807) is 4.90 Å². The van der Waals surface area contributed by atoms with Crippen LogP contribution in [0.25, 0.3) is 11.1 Å². The zero-order valence-electron chi connectivity index (χ0n) is 17.8. The van der Waals surface area contributed by atoms with Crippen molar-refractivity contribution in [2.75, 3.05) is 19.7 Å². The second-order valence-corrected chi connectivity index (χ2v) is 8.41. The number of amides is 2. The van der Waals surface area contributed by atoms with Gasteiger partial charge in [-0.25, -0.2) is 4.98 Å². The standard InChI is InChI=1S/C25H24N4O3/c1-16-3-2-4-19(11-16)17-5-7-18(8-6-17)24-21-13-28(14-23(31)29(21)22(24)15-30)25(32)20-12-26-9-10-27-20/h2-12,21-22,24,30H,13-15H2,1H3/t21-,22+,24+/m0/s1.